The van der Waals surface area contributed by atoms with Gasteiger partial charge in [0.1, 0.15) is 0 Å². The third kappa shape index (κ3) is 6.59. The van der Waals surface area contributed by atoms with Gasteiger partial charge in [-0.1, -0.05) is 51.9 Å². The normalized spacial score (nSPS) is 15.1. The summed E-state index contributed by atoms with van der Waals surface area (Å²) in [6, 6.07) is 0. The summed E-state index contributed by atoms with van der Waals surface area (Å²) in [7, 11) is 0. The zero-order valence-electron chi connectivity index (χ0n) is 10.3. The first-order chi connectivity index (χ1) is 7.43. The Kier molecular flexibility index (Phi) is 7.41. The Morgan fingerprint density at radius 1 is 1.00 bits per heavy atom. The quantitative estimate of drug-likeness (QED) is 0.496. The standard InChI is InChI=1S/C14H26O/c1-2-3-4-5-6-7-8-9-11-14-12-10-13-15-14/h12H,2-11,13H2,1H3. The van der Waals surface area contributed by atoms with Crippen LogP contribution in [-0.2, 0) is 4.74 Å². The molecular weight excluding hydrogens is 184 g/mol. The molecule has 1 heteroatoms. The Hall–Kier alpha value is -0.460. The van der Waals surface area contributed by atoms with Crippen LogP contribution in [0.2, 0.25) is 0 Å². The van der Waals surface area contributed by atoms with E-state index in [0.717, 1.165) is 13.0 Å². The number of allylic oxidation sites excluding steroid dienone is 1. The van der Waals surface area contributed by atoms with E-state index in [-0.39, 0.29) is 0 Å². The molecule has 0 aromatic heterocycles. The van der Waals surface area contributed by atoms with Crippen LogP contribution in [0.15, 0.2) is 11.8 Å². The van der Waals surface area contributed by atoms with Crippen molar-refractivity contribution in [2.75, 3.05) is 6.61 Å². The van der Waals surface area contributed by atoms with Crippen molar-refractivity contribution in [3.63, 3.8) is 0 Å². The highest BCUT2D eigenvalue weighted by Gasteiger charge is 2.03. The smallest absolute Gasteiger partial charge is 0.0921 e. The first kappa shape index (κ1) is 12.6. The van der Waals surface area contributed by atoms with Gasteiger partial charge in [-0.15, -0.1) is 0 Å². The molecule has 0 amide bonds. The minimum atomic E-state index is 0.923. The summed E-state index contributed by atoms with van der Waals surface area (Å²) in [5, 5.41) is 0. The van der Waals surface area contributed by atoms with Crippen LogP contribution < -0.4 is 0 Å². The molecule has 1 aliphatic rings. The Bertz CT molecular complexity index is 172. The van der Waals surface area contributed by atoms with Gasteiger partial charge in [0.05, 0.1) is 12.4 Å². The molecule has 15 heavy (non-hydrogen) atoms. The van der Waals surface area contributed by atoms with Gasteiger partial charge in [0.25, 0.3) is 0 Å². The topological polar surface area (TPSA) is 9.23 Å². The van der Waals surface area contributed by atoms with Gasteiger partial charge < -0.3 is 4.74 Å². The zero-order valence-corrected chi connectivity index (χ0v) is 10.3. The number of hydrogen-bond donors (Lipinski definition) is 0. The van der Waals surface area contributed by atoms with Crippen LogP contribution in [0.1, 0.15) is 71.1 Å². The Balaban J connectivity index is 1.77. The van der Waals surface area contributed by atoms with Gasteiger partial charge in [-0.3, -0.25) is 0 Å². The van der Waals surface area contributed by atoms with Crippen LogP contribution in [0.5, 0.6) is 0 Å². The fraction of sp³-hybridized carbons (Fsp3) is 0.857. The van der Waals surface area contributed by atoms with E-state index in [1.807, 2.05) is 0 Å². The summed E-state index contributed by atoms with van der Waals surface area (Å²) in [6.45, 7) is 3.20. The van der Waals surface area contributed by atoms with Crippen LogP contribution in [0.4, 0.5) is 0 Å². The third-order valence-electron chi connectivity index (χ3n) is 3.05. The van der Waals surface area contributed by atoms with Crippen molar-refractivity contribution in [3.05, 3.63) is 11.8 Å². The van der Waals surface area contributed by atoms with Crippen LogP contribution in [0, 0.1) is 0 Å². The molecule has 0 aliphatic carbocycles. The predicted octanol–water partition coefficient (Wildman–Crippen LogP) is 4.82. The molecule has 0 fully saturated rings. The fourth-order valence-electron chi connectivity index (χ4n) is 2.08. The summed E-state index contributed by atoms with van der Waals surface area (Å²) in [5.74, 6) is 1.25. The molecule has 0 saturated heterocycles. The molecule has 0 saturated carbocycles. The van der Waals surface area contributed by atoms with E-state index in [0.29, 0.717) is 0 Å². The second kappa shape index (κ2) is 8.82. The van der Waals surface area contributed by atoms with Crippen LogP contribution >= 0.6 is 0 Å². The molecule has 0 aromatic carbocycles. The lowest BCUT2D eigenvalue weighted by Crippen LogP contribution is -1.86. The zero-order chi connectivity index (χ0) is 10.8. The predicted molar refractivity (Wildman–Crippen MR) is 65.9 cm³/mol. The largest absolute Gasteiger partial charge is 0.498 e. The van der Waals surface area contributed by atoms with Crippen LogP contribution in [-0.4, -0.2) is 6.61 Å². The van der Waals surface area contributed by atoms with Crippen molar-refractivity contribution in [3.8, 4) is 0 Å². The first-order valence-electron chi connectivity index (χ1n) is 6.75. The van der Waals surface area contributed by atoms with Gasteiger partial charge >= 0.3 is 0 Å². The van der Waals surface area contributed by atoms with E-state index in [1.165, 1.54) is 63.5 Å². The molecule has 0 atom stereocenters. The van der Waals surface area contributed by atoms with Crippen molar-refractivity contribution in [2.45, 2.75) is 71.1 Å². The van der Waals surface area contributed by atoms with Crippen molar-refractivity contribution < 1.29 is 4.74 Å². The highest BCUT2D eigenvalue weighted by Crippen LogP contribution is 2.17. The van der Waals surface area contributed by atoms with Crippen molar-refractivity contribution in [2.24, 2.45) is 0 Å². The third-order valence-corrected chi connectivity index (χ3v) is 3.05. The summed E-state index contributed by atoms with van der Waals surface area (Å²) in [5.41, 5.74) is 0. The minimum absolute atomic E-state index is 0.923. The second-order valence-electron chi connectivity index (χ2n) is 4.53. The van der Waals surface area contributed by atoms with E-state index in [2.05, 4.69) is 13.0 Å². The maximum atomic E-state index is 5.47. The van der Waals surface area contributed by atoms with E-state index in [1.54, 1.807) is 0 Å². The van der Waals surface area contributed by atoms with E-state index in [9.17, 15) is 0 Å². The molecule has 0 unspecified atom stereocenters. The lowest BCUT2D eigenvalue weighted by atomic mass is 10.1. The molecule has 0 N–H and O–H groups in total. The van der Waals surface area contributed by atoms with Gasteiger partial charge in [0, 0.05) is 12.8 Å². The number of hydrogen-bond acceptors (Lipinski definition) is 1. The van der Waals surface area contributed by atoms with Gasteiger partial charge in [0.2, 0.25) is 0 Å². The number of unbranched alkanes of at least 4 members (excludes halogenated alkanes) is 7. The monoisotopic (exact) mass is 210 g/mol. The van der Waals surface area contributed by atoms with Crippen LogP contribution in [0.25, 0.3) is 0 Å². The number of ether oxygens (including phenoxy) is 1. The average Bonchev–Trinajstić information content (AvgIpc) is 2.75. The molecule has 1 rings (SSSR count). The summed E-state index contributed by atoms with van der Waals surface area (Å²) in [4.78, 5) is 0. The minimum Gasteiger partial charge on any atom is -0.498 e. The lowest BCUT2D eigenvalue weighted by Gasteiger charge is -2.03. The maximum absolute atomic E-state index is 5.47. The Labute approximate surface area is 94.9 Å². The summed E-state index contributed by atoms with van der Waals surface area (Å²) in [6.07, 6.45) is 15.7. The molecule has 1 heterocycles. The number of rotatable bonds is 9. The van der Waals surface area contributed by atoms with Gasteiger partial charge in [-0.2, -0.15) is 0 Å². The molecule has 1 aliphatic heterocycles. The van der Waals surface area contributed by atoms with E-state index < -0.39 is 0 Å². The lowest BCUT2D eigenvalue weighted by molar-refractivity contribution is 0.232. The molecule has 1 nitrogen and oxygen atoms in total. The van der Waals surface area contributed by atoms with E-state index >= 15 is 0 Å². The fourth-order valence-corrected chi connectivity index (χ4v) is 2.08. The van der Waals surface area contributed by atoms with Gasteiger partial charge in [0.15, 0.2) is 0 Å². The molecule has 0 bridgehead atoms. The van der Waals surface area contributed by atoms with Crippen molar-refractivity contribution in [1.82, 2.24) is 0 Å². The second-order valence-corrected chi connectivity index (χ2v) is 4.53. The molecule has 0 radical (unpaired) electrons. The molecular formula is C14H26O. The highest BCUT2D eigenvalue weighted by molar-refractivity contribution is 4.97. The Morgan fingerprint density at radius 2 is 1.67 bits per heavy atom. The SMILES string of the molecule is CCCCCCCCCCC1=CCCO1. The molecule has 88 valence electrons. The van der Waals surface area contributed by atoms with Crippen molar-refractivity contribution in [1.29, 1.82) is 0 Å². The summed E-state index contributed by atoms with van der Waals surface area (Å²) < 4.78 is 5.47. The first-order valence-corrected chi connectivity index (χ1v) is 6.75. The van der Waals surface area contributed by atoms with E-state index in [4.69, 9.17) is 4.74 Å². The Morgan fingerprint density at radius 3 is 2.27 bits per heavy atom. The molecule has 0 aromatic rings. The molecule has 0 spiro atoms. The van der Waals surface area contributed by atoms with Gasteiger partial charge in [-0.25, -0.2) is 0 Å². The van der Waals surface area contributed by atoms with Gasteiger partial charge in [-0.05, 0) is 12.5 Å². The summed E-state index contributed by atoms with van der Waals surface area (Å²) >= 11 is 0. The van der Waals surface area contributed by atoms with Crippen LogP contribution in [0.3, 0.4) is 0 Å². The highest BCUT2D eigenvalue weighted by atomic mass is 16.5. The van der Waals surface area contributed by atoms with Crippen molar-refractivity contribution >= 4 is 0 Å². The average molecular weight is 210 g/mol. The maximum Gasteiger partial charge on any atom is 0.0921 e.